The minimum Gasteiger partial charge on any atom is -0.376 e. The molecule has 0 radical (unpaired) electrons. The molecule has 24 heavy (non-hydrogen) atoms. The van der Waals surface area contributed by atoms with Crippen molar-refractivity contribution in [2.75, 3.05) is 19.7 Å². The highest BCUT2D eigenvalue weighted by atomic mass is 16.5. The molecule has 1 fully saturated rings. The van der Waals surface area contributed by atoms with Crippen LogP contribution < -0.4 is 0 Å². The van der Waals surface area contributed by atoms with E-state index in [4.69, 9.17) is 4.74 Å². The summed E-state index contributed by atoms with van der Waals surface area (Å²) in [6, 6.07) is 8.74. The van der Waals surface area contributed by atoms with Crippen molar-refractivity contribution in [3.8, 4) is 0 Å². The molecule has 3 rings (SSSR count). The summed E-state index contributed by atoms with van der Waals surface area (Å²) in [4.78, 5) is 2.39. The molecule has 0 unspecified atom stereocenters. The first-order chi connectivity index (χ1) is 11.7. The Morgan fingerprint density at radius 1 is 1.25 bits per heavy atom. The maximum atomic E-state index is 5.77. The minimum absolute atomic E-state index is 0.0667. The summed E-state index contributed by atoms with van der Waals surface area (Å²) in [6.07, 6.45) is 2.43. The van der Waals surface area contributed by atoms with Gasteiger partial charge in [0, 0.05) is 6.61 Å². The van der Waals surface area contributed by atoms with Crippen molar-refractivity contribution in [3.63, 3.8) is 0 Å². The van der Waals surface area contributed by atoms with Gasteiger partial charge in [0.15, 0.2) is 5.82 Å². The van der Waals surface area contributed by atoms with E-state index in [1.807, 2.05) is 4.68 Å². The number of nitrogens with zero attached hydrogens (tertiary/aromatic N) is 5. The molecule has 1 aliphatic rings. The molecular weight excluding hydrogens is 302 g/mol. The van der Waals surface area contributed by atoms with Gasteiger partial charge in [-0.1, -0.05) is 43.7 Å². The monoisotopic (exact) mass is 329 g/mol. The molecule has 0 aliphatic carbocycles. The van der Waals surface area contributed by atoms with Crippen LogP contribution in [-0.2, 0) is 11.3 Å². The van der Waals surface area contributed by atoms with Gasteiger partial charge in [-0.25, -0.2) is 4.68 Å². The maximum absolute atomic E-state index is 5.77. The molecule has 2 atom stereocenters. The number of hydrogen-bond donors (Lipinski definition) is 0. The first kappa shape index (κ1) is 17.0. The van der Waals surface area contributed by atoms with Crippen LogP contribution in [0.15, 0.2) is 24.3 Å². The number of aromatic nitrogens is 4. The van der Waals surface area contributed by atoms with Gasteiger partial charge in [-0.15, -0.1) is 5.10 Å². The predicted molar refractivity (Wildman–Crippen MR) is 92.7 cm³/mol. The van der Waals surface area contributed by atoms with Crippen molar-refractivity contribution in [2.45, 2.75) is 52.3 Å². The SMILES string of the molecule is CCN(CC)[C@H](c1ccc(C)cc1)c1nnnn1C[C@H]1CCCO1. The lowest BCUT2D eigenvalue weighted by Gasteiger charge is -2.29. The normalized spacial score (nSPS) is 19.1. The summed E-state index contributed by atoms with van der Waals surface area (Å²) >= 11 is 0. The van der Waals surface area contributed by atoms with Gasteiger partial charge in [-0.05, 0) is 48.8 Å². The third-order valence-electron chi connectivity index (χ3n) is 4.78. The summed E-state index contributed by atoms with van der Waals surface area (Å²) in [5, 5.41) is 12.6. The second kappa shape index (κ2) is 7.85. The average molecular weight is 329 g/mol. The Morgan fingerprint density at radius 3 is 2.62 bits per heavy atom. The van der Waals surface area contributed by atoms with Gasteiger partial charge in [0.1, 0.15) is 0 Å². The van der Waals surface area contributed by atoms with Crippen LogP contribution in [0.2, 0.25) is 0 Å². The summed E-state index contributed by atoms with van der Waals surface area (Å²) in [7, 11) is 0. The van der Waals surface area contributed by atoms with Crippen LogP contribution >= 0.6 is 0 Å². The number of tetrazole rings is 1. The fraction of sp³-hybridized carbons (Fsp3) is 0.611. The molecule has 2 aromatic rings. The first-order valence-electron chi connectivity index (χ1n) is 8.91. The van der Waals surface area contributed by atoms with Crippen molar-refractivity contribution in [3.05, 3.63) is 41.2 Å². The van der Waals surface area contributed by atoms with Gasteiger partial charge in [-0.3, -0.25) is 4.90 Å². The first-order valence-corrected chi connectivity index (χ1v) is 8.91. The van der Waals surface area contributed by atoms with E-state index in [1.54, 1.807) is 0 Å². The zero-order valence-corrected chi connectivity index (χ0v) is 14.9. The van der Waals surface area contributed by atoms with Crippen molar-refractivity contribution in [1.82, 2.24) is 25.1 Å². The van der Waals surface area contributed by atoms with E-state index in [2.05, 4.69) is 65.5 Å². The number of rotatable bonds is 7. The second-order valence-electron chi connectivity index (χ2n) is 6.39. The smallest absolute Gasteiger partial charge is 0.173 e. The largest absolute Gasteiger partial charge is 0.376 e. The molecule has 0 saturated carbocycles. The van der Waals surface area contributed by atoms with E-state index < -0.39 is 0 Å². The fourth-order valence-electron chi connectivity index (χ4n) is 3.38. The van der Waals surface area contributed by atoms with Crippen LogP contribution in [0.4, 0.5) is 0 Å². The molecule has 0 spiro atoms. The Morgan fingerprint density at radius 2 is 2.00 bits per heavy atom. The number of ether oxygens (including phenoxy) is 1. The van der Waals surface area contributed by atoms with E-state index in [1.165, 1.54) is 11.1 Å². The molecule has 130 valence electrons. The zero-order valence-electron chi connectivity index (χ0n) is 14.9. The van der Waals surface area contributed by atoms with Crippen LogP contribution in [0, 0.1) is 6.92 Å². The summed E-state index contributed by atoms with van der Waals surface area (Å²) in [5.41, 5.74) is 2.49. The minimum atomic E-state index is 0.0667. The van der Waals surface area contributed by atoms with Crippen LogP contribution in [0.5, 0.6) is 0 Å². The lowest BCUT2D eigenvalue weighted by Crippen LogP contribution is -2.32. The second-order valence-corrected chi connectivity index (χ2v) is 6.39. The van der Waals surface area contributed by atoms with Gasteiger partial charge in [0.25, 0.3) is 0 Å². The third kappa shape index (κ3) is 3.65. The number of benzene rings is 1. The van der Waals surface area contributed by atoms with Crippen LogP contribution in [0.1, 0.15) is 49.7 Å². The van der Waals surface area contributed by atoms with Gasteiger partial charge in [0.2, 0.25) is 0 Å². The lowest BCUT2D eigenvalue weighted by atomic mass is 10.0. The molecule has 6 nitrogen and oxygen atoms in total. The van der Waals surface area contributed by atoms with E-state index in [-0.39, 0.29) is 12.1 Å². The molecule has 0 N–H and O–H groups in total. The van der Waals surface area contributed by atoms with Gasteiger partial charge < -0.3 is 4.74 Å². The Kier molecular flexibility index (Phi) is 5.58. The highest BCUT2D eigenvalue weighted by Crippen LogP contribution is 2.27. The topological polar surface area (TPSA) is 56.1 Å². The van der Waals surface area contributed by atoms with Crippen molar-refractivity contribution in [2.24, 2.45) is 0 Å². The molecular formula is C18H27N5O. The zero-order chi connectivity index (χ0) is 16.9. The Bertz CT molecular complexity index is 629. The highest BCUT2D eigenvalue weighted by molar-refractivity contribution is 5.28. The van der Waals surface area contributed by atoms with Crippen LogP contribution in [-0.4, -0.2) is 50.9 Å². The number of aryl methyl sites for hydroxylation is 1. The molecule has 6 heteroatoms. The van der Waals surface area contributed by atoms with Gasteiger partial charge in [-0.2, -0.15) is 0 Å². The average Bonchev–Trinajstić information content (AvgIpc) is 3.26. The highest BCUT2D eigenvalue weighted by Gasteiger charge is 2.27. The molecule has 0 amide bonds. The van der Waals surface area contributed by atoms with Crippen molar-refractivity contribution in [1.29, 1.82) is 0 Å². The fourth-order valence-corrected chi connectivity index (χ4v) is 3.38. The summed E-state index contributed by atoms with van der Waals surface area (Å²) in [5.74, 6) is 0.901. The Hall–Kier alpha value is -1.79. The lowest BCUT2D eigenvalue weighted by molar-refractivity contribution is 0.0910. The Balaban J connectivity index is 1.93. The summed E-state index contributed by atoms with van der Waals surface area (Å²) < 4.78 is 7.69. The van der Waals surface area contributed by atoms with E-state index in [9.17, 15) is 0 Å². The van der Waals surface area contributed by atoms with Crippen LogP contribution in [0.25, 0.3) is 0 Å². The van der Waals surface area contributed by atoms with Crippen molar-refractivity contribution < 1.29 is 4.74 Å². The van der Waals surface area contributed by atoms with Crippen LogP contribution in [0.3, 0.4) is 0 Å². The quantitative estimate of drug-likeness (QED) is 0.781. The van der Waals surface area contributed by atoms with Crippen molar-refractivity contribution >= 4 is 0 Å². The molecule has 1 aromatic carbocycles. The Labute approximate surface area is 143 Å². The molecule has 1 saturated heterocycles. The maximum Gasteiger partial charge on any atom is 0.173 e. The summed E-state index contributed by atoms with van der Waals surface area (Å²) in [6.45, 7) is 9.94. The van der Waals surface area contributed by atoms with E-state index >= 15 is 0 Å². The third-order valence-corrected chi connectivity index (χ3v) is 4.78. The van der Waals surface area contributed by atoms with E-state index in [0.717, 1.165) is 44.9 Å². The van der Waals surface area contributed by atoms with Gasteiger partial charge in [0.05, 0.1) is 18.7 Å². The molecule has 0 bridgehead atoms. The van der Waals surface area contributed by atoms with E-state index in [0.29, 0.717) is 0 Å². The predicted octanol–water partition coefficient (Wildman–Crippen LogP) is 2.59. The standard InChI is InChI=1S/C18H27N5O/c1-4-22(5-2)17(15-10-8-14(3)9-11-15)18-19-20-21-23(18)13-16-7-6-12-24-16/h8-11,16-17H,4-7,12-13H2,1-3H3/t16-,17-/m1/s1. The molecule has 1 aliphatic heterocycles. The van der Waals surface area contributed by atoms with Gasteiger partial charge >= 0.3 is 0 Å². The molecule has 1 aromatic heterocycles. The number of hydrogen-bond acceptors (Lipinski definition) is 5. The molecule has 2 heterocycles.